The van der Waals surface area contributed by atoms with Crippen LogP contribution in [0.5, 0.6) is 17.5 Å². The fourth-order valence-corrected chi connectivity index (χ4v) is 2.25. The van der Waals surface area contributed by atoms with Gasteiger partial charge in [-0.3, -0.25) is 9.55 Å². The van der Waals surface area contributed by atoms with Gasteiger partial charge in [0, 0.05) is 23.8 Å². The van der Waals surface area contributed by atoms with Crippen molar-refractivity contribution in [2.45, 2.75) is 6.54 Å². The minimum Gasteiger partial charge on any atom is -0.494 e. The summed E-state index contributed by atoms with van der Waals surface area (Å²) in [6.07, 6.45) is 1.42. The molecule has 3 rings (SSSR count). The highest BCUT2D eigenvalue weighted by molar-refractivity contribution is 5.60. The van der Waals surface area contributed by atoms with Gasteiger partial charge in [-0.1, -0.05) is 0 Å². The Hall–Kier alpha value is -3.09. The second kappa shape index (κ2) is 6.57. The van der Waals surface area contributed by atoms with Crippen LogP contribution in [-0.2, 0) is 6.54 Å². The average Bonchev–Trinajstić information content (AvgIpc) is 2.88. The summed E-state index contributed by atoms with van der Waals surface area (Å²) in [5.41, 5.74) is 0.561. The molecule has 3 aromatic rings. The Bertz CT molecular complexity index is 828. The van der Waals surface area contributed by atoms with Crippen LogP contribution < -0.4 is 4.74 Å². The summed E-state index contributed by atoms with van der Waals surface area (Å²) in [5, 5.41) is 19.0. The lowest BCUT2D eigenvalue weighted by Crippen LogP contribution is -2.07. The van der Waals surface area contributed by atoms with Gasteiger partial charge >= 0.3 is 0 Å². The third-order valence-corrected chi connectivity index (χ3v) is 3.46. The molecule has 0 aliphatic rings. The van der Waals surface area contributed by atoms with Crippen molar-refractivity contribution in [3.05, 3.63) is 60.3 Å². The Morgan fingerprint density at radius 3 is 2.38 bits per heavy atom. The van der Waals surface area contributed by atoms with Crippen LogP contribution in [0.2, 0.25) is 0 Å². The standard InChI is InChI=1S/C17H14F2N2O3/c18-11-1-3-13(14(19)9-11)15-4-2-12(10-20-15)24-8-7-21-16(22)5-6-17(21)23/h1-6,9-10,22-23H,7-8H2. The number of aromatic hydroxyl groups is 2. The van der Waals surface area contributed by atoms with Gasteiger partial charge in [-0.2, -0.15) is 0 Å². The molecule has 7 heteroatoms. The first-order chi connectivity index (χ1) is 11.5. The number of pyridine rings is 1. The SMILES string of the molecule is Oc1ccc(O)n1CCOc1ccc(-c2ccc(F)cc2F)nc1. The van der Waals surface area contributed by atoms with Crippen LogP contribution in [0, 0.1) is 11.6 Å². The highest BCUT2D eigenvalue weighted by Crippen LogP contribution is 2.24. The van der Waals surface area contributed by atoms with Crippen LogP contribution in [0.25, 0.3) is 11.3 Å². The van der Waals surface area contributed by atoms with Crippen LogP contribution >= 0.6 is 0 Å². The van der Waals surface area contributed by atoms with Gasteiger partial charge < -0.3 is 14.9 Å². The van der Waals surface area contributed by atoms with E-state index in [0.29, 0.717) is 11.4 Å². The molecule has 0 unspecified atom stereocenters. The zero-order valence-corrected chi connectivity index (χ0v) is 12.5. The van der Waals surface area contributed by atoms with Crippen LogP contribution in [0.4, 0.5) is 8.78 Å². The van der Waals surface area contributed by atoms with E-state index in [2.05, 4.69) is 4.98 Å². The van der Waals surface area contributed by atoms with Gasteiger partial charge in [0.25, 0.3) is 0 Å². The van der Waals surface area contributed by atoms with E-state index in [0.717, 1.165) is 6.07 Å². The molecule has 5 nitrogen and oxygen atoms in total. The molecular weight excluding hydrogens is 318 g/mol. The summed E-state index contributed by atoms with van der Waals surface area (Å²) in [6.45, 7) is 0.445. The van der Waals surface area contributed by atoms with Crippen LogP contribution in [0.15, 0.2) is 48.7 Å². The van der Waals surface area contributed by atoms with Gasteiger partial charge in [0.15, 0.2) is 11.8 Å². The monoisotopic (exact) mass is 332 g/mol. The van der Waals surface area contributed by atoms with Crippen LogP contribution in [0.1, 0.15) is 0 Å². The first-order valence-electron chi connectivity index (χ1n) is 7.16. The maximum Gasteiger partial charge on any atom is 0.193 e. The number of hydrogen-bond donors (Lipinski definition) is 2. The minimum atomic E-state index is -0.685. The van der Waals surface area contributed by atoms with E-state index < -0.39 is 11.6 Å². The molecule has 2 N–H and O–H groups in total. The van der Waals surface area contributed by atoms with Crippen molar-refractivity contribution in [2.75, 3.05) is 6.61 Å². The molecule has 2 heterocycles. The number of ether oxygens (including phenoxy) is 1. The Kier molecular flexibility index (Phi) is 4.33. The van der Waals surface area contributed by atoms with Crippen molar-refractivity contribution in [1.29, 1.82) is 0 Å². The molecule has 1 aromatic carbocycles. The van der Waals surface area contributed by atoms with E-state index in [1.807, 2.05) is 0 Å². The molecule has 0 spiro atoms. The van der Waals surface area contributed by atoms with Gasteiger partial charge in [0.2, 0.25) is 0 Å². The Balaban J connectivity index is 1.64. The summed E-state index contributed by atoms with van der Waals surface area (Å²) in [6, 6.07) is 9.23. The molecular formula is C17H14F2N2O3. The highest BCUT2D eigenvalue weighted by Gasteiger charge is 2.08. The summed E-state index contributed by atoms with van der Waals surface area (Å²) in [4.78, 5) is 4.10. The zero-order valence-electron chi connectivity index (χ0n) is 12.5. The molecule has 0 aliphatic heterocycles. The van der Waals surface area contributed by atoms with E-state index in [1.165, 1.54) is 35.0 Å². The summed E-state index contributed by atoms with van der Waals surface area (Å²) in [5.74, 6) is -0.998. The second-order valence-electron chi connectivity index (χ2n) is 5.05. The van der Waals surface area contributed by atoms with E-state index in [9.17, 15) is 19.0 Å². The highest BCUT2D eigenvalue weighted by atomic mass is 19.1. The van der Waals surface area contributed by atoms with E-state index in [-0.39, 0.29) is 30.5 Å². The largest absolute Gasteiger partial charge is 0.494 e. The number of nitrogens with zero attached hydrogens (tertiary/aromatic N) is 2. The topological polar surface area (TPSA) is 67.5 Å². The molecule has 0 aliphatic carbocycles. The van der Waals surface area contributed by atoms with Gasteiger partial charge in [-0.15, -0.1) is 0 Å². The summed E-state index contributed by atoms with van der Waals surface area (Å²) >= 11 is 0. The predicted molar refractivity (Wildman–Crippen MR) is 82.8 cm³/mol. The van der Waals surface area contributed by atoms with Gasteiger partial charge in [0.1, 0.15) is 24.0 Å². The number of hydrogen-bond acceptors (Lipinski definition) is 4. The van der Waals surface area contributed by atoms with Gasteiger partial charge in [-0.05, 0) is 24.3 Å². The second-order valence-corrected chi connectivity index (χ2v) is 5.05. The van der Waals surface area contributed by atoms with Gasteiger partial charge in [-0.25, -0.2) is 8.78 Å². The van der Waals surface area contributed by atoms with Crippen molar-refractivity contribution in [3.8, 4) is 28.8 Å². The fraction of sp³-hybridized carbons (Fsp3) is 0.118. The zero-order chi connectivity index (χ0) is 17.1. The van der Waals surface area contributed by atoms with Crippen LogP contribution in [0.3, 0.4) is 0 Å². The molecule has 0 saturated heterocycles. The third-order valence-electron chi connectivity index (χ3n) is 3.46. The minimum absolute atomic E-state index is 0.0589. The van der Waals surface area contributed by atoms with Crippen LogP contribution in [-0.4, -0.2) is 26.4 Å². The molecule has 124 valence electrons. The smallest absolute Gasteiger partial charge is 0.193 e. The molecule has 0 fully saturated rings. The predicted octanol–water partition coefficient (Wildman–Crippen LogP) is 3.32. The van der Waals surface area contributed by atoms with E-state index >= 15 is 0 Å². The first kappa shape index (κ1) is 15.8. The third kappa shape index (κ3) is 3.29. The molecule has 24 heavy (non-hydrogen) atoms. The lowest BCUT2D eigenvalue weighted by molar-refractivity contribution is 0.274. The van der Waals surface area contributed by atoms with E-state index in [4.69, 9.17) is 4.74 Å². The maximum absolute atomic E-state index is 13.7. The number of benzene rings is 1. The normalized spacial score (nSPS) is 10.8. The average molecular weight is 332 g/mol. The molecule has 0 atom stereocenters. The van der Waals surface area contributed by atoms with Crippen molar-refractivity contribution in [1.82, 2.24) is 9.55 Å². The van der Waals surface area contributed by atoms with Crippen molar-refractivity contribution >= 4 is 0 Å². The molecule has 0 saturated carbocycles. The van der Waals surface area contributed by atoms with Crippen molar-refractivity contribution in [2.24, 2.45) is 0 Å². The first-order valence-corrected chi connectivity index (χ1v) is 7.16. The number of halogens is 2. The lowest BCUT2D eigenvalue weighted by atomic mass is 10.1. The number of rotatable bonds is 5. The Morgan fingerprint density at radius 1 is 1.00 bits per heavy atom. The summed E-state index contributed by atoms with van der Waals surface area (Å²) in [7, 11) is 0. The number of aromatic nitrogens is 2. The summed E-state index contributed by atoms with van der Waals surface area (Å²) < 4.78 is 33.4. The molecule has 2 aromatic heterocycles. The van der Waals surface area contributed by atoms with Crippen molar-refractivity contribution in [3.63, 3.8) is 0 Å². The molecule has 0 radical (unpaired) electrons. The quantitative estimate of drug-likeness (QED) is 0.752. The van der Waals surface area contributed by atoms with E-state index in [1.54, 1.807) is 12.1 Å². The molecule has 0 amide bonds. The maximum atomic E-state index is 13.7. The lowest BCUT2D eigenvalue weighted by Gasteiger charge is -2.09. The Morgan fingerprint density at radius 2 is 1.75 bits per heavy atom. The fourth-order valence-electron chi connectivity index (χ4n) is 2.25. The molecule has 0 bridgehead atoms. The van der Waals surface area contributed by atoms with Gasteiger partial charge in [0.05, 0.1) is 18.4 Å². The Labute approximate surface area is 136 Å². The van der Waals surface area contributed by atoms with Crippen molar-refractivity contribution < 1.29 is 23.7 Å².